The molecule has 4 heteroatoms. The monoisotopic (exact) mass is 250 g/mol. The standard InChI is InChI=1S/C14H22N2O2/c1-10-5-6-12(13(9-10)15-3)14(17)16-11(2)7-8-18-4/h5-6,9,11,15H,7-8H2,1-4H3,(H,16,17). The van der Waals surface area contributed by atoms with Gasteiger partial charge in [0.2, 0.25) is 0 Å². The first-order valence-electron chi connectivity index (χ1n) is 6.16. The van der Waals surface area contributed by atoms with Gasteiger partial charge < -0.3 is 15.4 Å². The Morgan fingerprint density at radius 2 is 2.17 bits per heavy atom. The van der Waals surface area contributed by atoms with Crippen LogP contribution in [0.25, 0.3) is 0 Å². The molecule has 18 heavy (non-hydrogen) atoms. The average Bonchev–Trinajstić information content (AvgIpc) is 2.35. The number of hydrogen-bond acceptors (Lipinski definition) is 3. The van der Waals surface area contributed by atoms with Gasteiger partial charge in [0, 0.05) is 32.5 Å². The molecule has 1 atom stereocenters. The molecule has 1 unspecified atom stereocenters. The molecule has 100 valence electrons. The van der Waals surface area contributed by atoms with Crippen LogP contribution in [0.15, 0.2) is 18.2 Å². The van der Waals surface area contributed by atoms with E-state index in [4.69, 9.17) is 4.74 Å². The number of carbonyl (C=O) groups is 1. The van der Waals surface area contributed by atoms with Gasteiger partial charge in [0.05, 0.1) is 5.56 Å². The Labute approximate surface area is 109 Å². The number of ether oxygens (including phenoxy) is 1. The molecule has 0 aromatic heterocycles. The van der Waals surface area contributed by atoms with Gasteiger partial charge in [-0.1, -0.05) is 6.07 Å². The molecular weight excluding hydrogens is 228 g/mol. The fraction of sp³-hybridized carbons (Fsp3) is 0.500. The summed E-state index contributed by atoms with van der Waals surface area (Å²) in [6.45, 7) is 4.63. The number of aryl methyl sites for hydroxylation is 1. The van der Waals surface area contributed by atoms with E-state index in [0.29, 0.717) is 12.2 Å². The van der Waals surface area contributed by atoms with Crippen molar-refractivity contribution in [2.45, 2.75) is 26.3 Å². The Bertz CT molecular complexity index is 405. The van der Waals surface area contributed by atoms with Crippen molar-refractivity contribution in [3.05, 3.63) is 29.3 Å². The second kappa shape index (κ2) is 7.01. The number of nitrogens with one attached hydrogen (secondary N) is 2. The maximum atomic E-state index is 12.1. The SMILES string of the molecule is CNc1cc(C)ccc1C(=O)NC(C)CCOC. The van der Waals surface area contributed by atoms with Crippen LogP contribution >= 0.6 is 0 Å². The topological polar surface area (TPSA) is 50.4 Å². The summed E-state index contributed by atoms with van der Waals surface area (Å²) in [5.41, 5.74) is 2.65. The maximum absolute atomic E-state index is 12.1. The molecule has 0 fully saturated rings. The number of hydrogen-bond donors (Lipinski definition) is 2. The van der Waals surface area contributed by atoms with Gasteiger partial charge in [-0.3, -0.25) is 4.79 Å². The minimum atomic E-state index is -0.0528. The highest BCUT2D eigenvalue weighted by Crippen LogP contribution is 2.17. The second-order valence-electron chi connectivity index (χ2n) is 4.46. The summed E-state index contributed by atoms with van der Waals surface area (Å²) >= 11 is 0. The molecule has 4 nitrogen and oxygen atoms in total. The van der Waals surface area contributed by atoms with Gasteiger partial charge in [-0.25, -0.2) is 0 Å². The molecule has 0 radical (unpaired) electrons. The van der Waals surface area contributed by atoms with Gasteiger partial charge in [-0.15, -0.1) is 0 Å². The summed E-state index contributed by atoms with van der Waals surface area (Å²) in [6, 6.07) is 5.85. The van der Waals surface area contributed by atoms with Crippen molar-refractivity contribution in [3.8, 4) is 0 Å². The van der Waals surface area contributed by atoms with E-state index in [1.165, 1.54) is 0 Å². The summed E-state index contributed by atoms with van der Waals surface area (Å²) in [4.78, 5) is 12.1. The summed E-state index contributed by atoms with van der Waals surface area (Å²) in [7, 11) is 3.48. The van der Waals surface area contributed by atoms with Crippen LogP contribution in [0.4, 0.5) is 5.69 Å². The molecular formula is C14H22N2O2. The number of carbonyl (C=O) groups excluding carboxylic acids is 1. The molecule has 0 heterocycles. The minimum Gasteiger partial charge on any atom is -0.387 e. The van der Waals surface area contributed by atoms with Crippen LogP contribution in [0.2, 0.25) is 0 Å². The zero-order valence-electron chi connectivity index (χ0n) is 11.5. The minimum absolute atomic E-state index is 0.0528. The maximum Gasteiger partial charge on any atom is 0.253 e. The van der Waals surface area contributed by atoms with Crippen molar-refractivity contribution in [2.75, 3.05) is 26.1 Å². The number of anilines is 1. The molecule has 1 rings (SSSR count). The van der Waals surface area contributed by atoms with Gasteiger partial charge in [0.25, 0.3) is 5.91 Å². The van der Waals surface area contributed by atoms with E-state index in [0.717, 1.165) is 17.7 Å². The molecule has 1 amide bonds. The zero-order valence-corrected chi connectivity index (χ0v) is 11.5. The van der Waals surface area contributed by atoms with Crippen molar-refractivity contribution < 1.29 is 9.53 Å². The van der Waals surface area contributed by atoms with E-state index in [9.17, 15) is 4.79 Å². The molecule has 0 bridgehead atoms. The molecule has 1 aromatic rings. The second-order valence-corrected chi connectivity index (χ2v) is 4.46. The normalized spacial score (nSPS) is 12.0. The van der Waals surface area contributed by atoms with Crippen LogP contribution in [0, 0.1) is 6.92 Å². The first kappa shape index (κ1) is 14.5. The van der Waals surface area contributed by atoms with E-state index >= 15 is 0 Å². The van der Waals surface area contributed by atoms with Crippen molar-refractivity contribution in [2.24, 2.45) is 0 Å². The predicted octanol–water partition coefficient (Wildman–Crippen LogP) is 2.19. The number of rotatable bonds is 6. The van der Waals surface area contributed by atoms with Gasteiger partial charge in [-0.2, -0.15) is 0 Å². The summed E-state index contributed by atoms with van der Waals surface area (Å²) < 4.78 is 5.00. The van der Waals surface area contributed by atoms with Crippen LogP contribution in [-0.2, 0) is 4.74 Å². The molecule has 0 aliphatic carbocycles. The Morgan fingerprint density at radius 1 is 1.44 bits per heavy atom. The Morgan fingerprint density at radius 3 is 2.78 bits per heavy atom. The lowest BCUT2D eigenvalue weighted by atomic mass is 10.1. The van der Waals surface area contributed by atoms with Crippen molar-refractivity contribution in [1.29, 1.82) is 0 Å². The molecule has 0 spiro atoms. The van der Waals surface area contributed by atoms with Gasteiger partial charge >= 0.3 is 0 Å². The molecule has 1 aromatic carbocycles. The van der Waals surface area contributed by atoms with Gasteiger partial charge in [0.1, 0.15) is 0 Å². The fourth-order valence-electron chi connectivity index (χ4n) is 1.73. The molecule has 0 saturated heterocycles. The summed E-state index contributed by atoms with van der Waals surface area (Å²) in [5.74, 6) is -0.0528. The van der Waals surface area contributed by atoms with E-state index in [1.54, 1.807) is 7.11 Å². The smallest absolute Gasteiger partial charge is 0.253 e. The lowest BCUT2D eigenvalue weighted by Crippen LogP contribution is -2.33. The van der Waals surface area contributed by atoms with Crippen LogP contribution in [0.5, 0.6) is 0 Å². The highest BCUT2D eigenvalue weighted by Gasteiger charge is 2.13. The van der Waals surface area contributed by atoms with Crippen LogP contribution in [-0.4, -0.2) is 32.7 Å². The number of benzene rings is 1. The van der Waals surface area contributed by atoms with Crippen molar-refractivity contribution in [3.63, 3.8) is 0 Å². The van der Waals surface area contributed by atoms with E-state index in [2.05, 4.69) is 10.6 Å². The Balaban J connectivity index is 2.72. The van der Waals surface area contributed by atoms with Crippen LogP contribution in [0.1, 0.15) is 29.3 Å². The van der Waals surface area contributed by atoms with Crippen molar-refractivity contribution >= 4 is 11.6 Å². The molecule has 0 saturated carbocycles. The van der Waals surface area contributed by atoms with Crippen LogP contribution in [0.3, 0.4) is 0 Å². The van der Waals surface area contributed by atoms with E-state index in [-0.39, 0.29) is 11.9 Å². The van der Waals surface area contributed by atoms with Crippen LogP contribution < -0.4 is 10.6 Å². The zero-order chi connectivity index (χ0) is 13.5. The van der Waals surface area contributed by atoms with Crippen molar-refractivity contribution in [1.82, 2.24) is 5.32 Å². The van der Waals surface area contributed by atoms with Gasteiger partial charge in [-0.05, 0) is 38.0 Å². The first-order valence-corrected chi connectivity index (χ1v) is 6.16. The third-order valence-electron chi connectivity index (χ3n) is 2.82. The summed E-state index contributed by atoms with van der Waals surface area (Å²) in [6.07, 6.45) is 0.809. The highest BCUT2D eigenvalue weighted by atomic mass is 16.5. The third-order valence-corrected chi connectivity index (χ3v) is 2.82. The average molecular weight is 250 g/mol. The lowest BCUT2D eigenvalue weighted by molar-refractivity contribution is 0.0930. The molecule has 0 aliphatic rings. The summed E-state index contributed by atoms with van der Waals surface area (Å²) in [5, 5.41) is 6.01. The quantitative estimate of drug-likeness (QED) is 0.813. The largest absolute Gasteiger partial charge is 0.387 e. The fourth-order valence-corrected chi connectivity index (χ4v) is 1.73. The predicted molar refractivity (Wildman–Crippen MR) is 74.1 cm³/mol. The third kappa shape index (κ3) is 4.04. The lowest BCUT2D eigenvalue weighted by Gasteiger charge is -2.15. The molecule has 2 N–H and O–H groups in total. The number of amides is 1. The first-order chi connectivity index (χ1) is 8.58. The Kier molecular flexibility index (Phi) is 5.65. The van der Waals surface area contributed by atoms with E-state index < -0.39 is 0 Å². The molecule has 0 aliphatic heterocycles. The Hall–Kier alpha value is -1.55. The highest BCUT2D eigenvalue weighted by molar-refractivity contribution is 5.99. The number of methoxy groups -OCH3 is 1. The van der Waals surface area contributed by atoms with Gasteiger partial charge in [0.15, 0.2) is 0 Å². The van der Waals surface area contributed by atoms with E-state index in [1.807, 2.05) is 39.1 Å².